The second-order valence-corrected chi connectivity index (χ2v) is 2.63. The smallest absolute Gasteiger partial charge is 0.288 e. The molecule has 4 heteroatoms. The van der Waals surface area contributed by atoms with Crippen LogP contribution in [0.25, 0.3) is 0 Å². The quantitative estimate of drug-likeness (QED) is 0.448. The minimum atomic E-state index is -2.50. The van der Waals surface area contributed by atoms with Gasteiger partial charge in [-0.3, -0.25) is 0 Å². The number of hydrogen-bond donors (Lipinski definition) is 0. The summed E-state index contributed by atoms with van der Waals surface area (Å²) in [6.07, 6.45) is -0.0918. The maximum atomic E-state index is 11.8. The lowest BCUT2D eigenvalue weighted by Crippen LogP contribution is -2.00. The van der Waals surface area contributed by atoms with Crippen molar-refractivity contribution in [2.45, 2.75) is 12.1 Å². The van der Waals surface area contributed by atoms with Gasteiger partial charge in [0.25, 0.3) is 5.66 Å². The van der Waals surface area contributed by atoms with Gasteiger partial charge >= 0.3 is 0 Å². The number of alkyl halides is 2. The summed E-state index contributed by atoms with van der Waals surface area (Å²) in [7, 11) is -0.598. The number of rotatable bonds is 0. The van der Waals surface area contributed by atoms with Crippen LogP contribution in [0.3, 0.4) is 0 Å². The van der Waals surface area contributed by atoms with E-state index in [2.05, 4.69) is 4.52 Å². The summed E-state index contributed by atoms with van der Waals surface area (Å²) in [5.74, 6) is 0. The van der Waals surface area contributed by atoms with E-state index in [0.29, 0.717) is 0 Å². The van der Waals surface area contributed by atoms with Crippen LogP contribution in [0.5, 0.6) is 0 Å². The van der Waals surface area contributed by atoms with E-state index in [-0.39, 0.29) is 13.0 Å². The highest BCUT2D eigenvalue weighted by Crippen LogP contribution is 2.44. The molecule has 0 aromatic rings. The van der Waals surface area contributed by atoms with E-state index >= 15 is 0 Å². The third-order valence-electron chi connectivity index (χ3n) is 0.740. The van der Waals surface area contributed by atoms with Gasteiger partial charge in [0.05, 0.1) is 15.4 Å². The zero-order chi connectivity index (χ0) is 5.33. The van der Waals surface area contributed by atoms with E-state index in [0.717, 1.165) is 0 Å². The van der Waals surface area contributed by atoms with Crippen molar-refractivity contribution in [1.82, 2.24) is 0 Å². The number of hydrogen-bond acceptors (Lipinski definition) is 1. The van der Waals surface area contributed by atoms with Crippen molar-refractivity contribution in [3.05, 3.63) is 0 Å². The summed E-state index contributed by atoms with van der Waals surface area (Å²) in [6.45, 7) is 0.228. The molecular weight excluding hydrogens is 121 g/mol. The first kappa shape index (κ1) is 5.39. The van der Waals surface area contributed by atoms with Crippen LogP contribution >= 0.6 is 8.81 Å². The molecule has 1 unspecified atom stereocenters. The van der Waals surface area contributed by atoms with E-state index in [1.807, 2.05) is 0 Å². The van der Waals surface area contributed by atoms with Crippen LogP contribution in [0.1, 0.15) is 6.42 Å². The molecule has 1 aliphatic rings. The van der Waals surface area contributed by atoms with Crippen LogP contribution in [0.4, 0.5) is 8.78 Å². The normalized spacial score (nSPS) is 31.7. The molecule has 1 aliphatic heterocycles. The maximum Gasteiger partial charge on any atom is 0.288 e. The fraction of sp³-hybridized carbons (Fsp3) is 1.00. The average Bonchev–Trinajstić information content (AvgIpc) is 1.84. The molecule has 0 bridgehead atoms. The minimum Gasteiger partial charge on any atom is -0.356 e. The van der Waals surface area contributed by atoms with Gasteiger partial charge in [-0.15, -0.1) is 0 Å². The van der Waals surface area contributed by atoms with Gasteiger partial charge in [-0.1, -0.05) is 0 Å². The molecule has 0 amide bonds. The van der Waals surface area contributed by atoms with Crippen molar-refractivity contribution in [2.75, 3.05) is 6.61 Å². The molecule has 1 rings (SSSR count). The van der Waals surface area contributed by atoms with E-state index in [9.17, 15) is 8.78 Å². The molecule has 1 saturated heterocycles. The Balaban J connectivity index is 2.40. The maximum absolute atomic E-state index is 11.8. The Morgan fingerprint density at radius 2 is 2.29 bits per heavy atom. The largest absolute Gasteiger partial charge is 0.356 e. The van der Waals surface area contributed by atoms with Crippen molar-refractivity contribution in [3.8, 4) is 0 Å². The Bertz CT molecular complexity index is 67.3. The minimum absolute atomic E-state index is 0.0918. The predicted octanol–water partition coefficient (Wildman–Crippen LogP) is 1.59. The number of halogens is 2. The summed E-state index contributed by atoms with van der Waals surface area (Å²) in [6, 6.07) is 0. The lowest BCUT2D eigenvalue weighted by molar-refractivity contribution is 0.102. The third-order valence-corrected chi connectivity index (χ3v) is 1.64. The SMILES string of the molecule is FC1(F)CCOP1. The molecule has 1 fully saturated rings. The topological polar surface area (TPSA) is 9.23 Å². The first-order valence-corrected chi connectivity index (χ1v) is 2.88. The van der Waals surface area contributed by atoms with Gasteiger partial charge in [0.15, 0.2) is 0 Å². The zero-order valence-electron chi connectivity index (χ0n) is 3.58. The predicted molar refractivity (Wildman–Crippen MR) is 23.8 cm³/mol. The van der Waals surface area contributed by atoms with Crippen LogP contribution in [-0.2, 0) is 4.52 Å². The highest BCUT2D eigenvalue weighted by atomic mass is 31.1. The molecule has 0 spiro atoms. The molecule has 0 saturated carbocycles. The van der Waals surface area contributed by atoms with Gasteiger partial charge in [-0.25, -0.2) is 0 Å². The Hall–Kier alpha value is 0.250. The van der Waals surface area contributed by atoms with E-state index < -0.39 is 14.5 Å². The fourth-order valence-corrected chi connectivity index (χ4v) is 1.01. The summed E-state index contributed by atoms with van der Waals surface area (Å²) in [5, 5.41) is 0. The molecule has 42 valence electrons. The summed E-state index contributed by atoms with van der Waals surface area (Å²) in [4.78, 5) is 0. The molecule has 0 aromatic carbocycles. The van der Waals surface area contributed by atoms with E-state index in [4.69, 9.17) is 0 Å². The monoisotopic (exact) mass is 126 g/mol. The first-order chi connectivity index (χ1) is 3.21. The summed E-state index contributed by atoms with van der Waals surface area (Å²) >= 11 is 0. The van der Waals surface area contributed by atoms with E-state index in [1.165, 1.54) is 0 Å². The van der Waals surface area contributed by atoms with Gasteiger partial charge in [-0.05, 0) is 0 Å². The first-order valence-electron chi connectivity index (χ1n) is 1.97. The van der Waals surface area contributed by atoms with Gasteiger partial charge in [0.1, 0.15) is 0 Å². The molecule has 0 radical (unpaired) electrons. The molecule has 0 aliphatic carbocycles. The lowest BCUT2D eigenvalue weighted by atomic mass is 10.5. The van der Waals surface area contributed by atoms with Crippen molar-refractivity contribution >= 4 is 8.81 Å². The lowest BCUT2D eigenvalue weighted by Gasteiger charge is -2.00. The summed E-state index contributed by atoms with van der Waals surface area (Å²) < 4.78 is 28.1. The molecular formula is C3H5F2OP. The highest BCUT2D eigenvalue weighted by molar-refractivity contribution is 7.34. The van der Waals surface area contributed by atoms with Gasteiger partial charge in [-0.2, -0.15) is 8.78 Å². The Morgan fingerprint density at radius 3 is 2.43 bits per heavy atom. The van der Waals surface area contributed by atoms with Crippen molar-refractivity contribution in [2.24, 2.45) is 0 Å². The molecule has 0 aromatic heterocycles. The molecule has 1 heterocycles. The van der Waals surface area contributed by atoms with Crippen LogP contribution in [0.2, 0.25) is 0 Å². The second-order valence-electron chi connectivity index (χ2n) is 1.40. The van der Waals surface area contributed by atoms with Crippen LogP contribution < -0.4 is 0 Å². The Kier molecular flexibility index (Phi) is 1.26. The molecule has 7 heavy (non-hydrogen) atoms. The second kappa shape index (κ2) is 1.64. The average molecular weight is 126 g/mol. The van der Waals surface area contributed by atoms with E-state index in [1.54, 1.807) is 0 Å². The highest BCUT2D eigenvalue weighted by Gasteiger charge is 2.34. The Labute approximate surface area is 41.9 Å². The third kappa shape index (κ3) is 1.32. The van der Waals surface area contributed by atoms with Crippen LogP contribution in [0, 0.1) is 0 Å². The zero-order valence-corrected chi connectivity index (χ0v) is 4.58. The summed E-state index contributed by atoms with van der Waals surface area (Å²) in [5.41, 5.74) is -2.50. The van der Waals surface area contributed by atoms with Crippen molar-refractivity contribution < 1.29 is 13.3 Å². The van der Waals surface area contributed by atoms with Crippen LogP contribution in [-0.4, -0.2) is 12.3 Å². The van der Waals surface area contributed by atoms with Gasteiger partial charge < -0.3 is 4.52 Å². The van der Waals surface area contributed by atoms with Gasteiger partial charge in [0, 0.05) is 6.42 Å². The molecule has 0 N–H and O–H groups in total. The fourth-order valence-electron chi connectivity index (χ4n) is 0.387. The van der Waals surface area contributed by atoms with Crippen molar-refractivity contribution in [3.63, 3.8) is 0 Å². The Morgan fingerprint density at radius 1 is 1.57 bits per heavy atom. The van der Waals surface area contributed by atoms with Gasteiger partial charge in [0.2, 0.25) is 0 Å². The standard InChI is InChI=1S/C3H5F2OP/c4-3(5)1-2-6-7-3/h7H,1-2H2. The molecule has 1 nitrogen and oxygen atoms in total. The molecule has 1 atom stereocenters. The van der Waals surface area contributed by atoms with Crippen molar-refractivity contribution in [1.29, 1.82) is 0 Å². The van der Waals surface area contributed by atoms with Crippen LogP contribution in [0.15, 0.2) is 0 Å².